The summed E-state index contributed by atoms with van der Waals surface area (Å²) in [6.07, 6.45) is -2.74. The predicted molar refractivity (Wildman–Crippen MR) is 92.7 cm³/mol. The molecular formula is C18H14F3N3OS. The molecule has 4 nitrogen and oxygen atoms in total. The van der Waals surface area contributed by atoms with Crippen LogP contribution >= 0.6 is 11.8 Å². The van der Waals surface area contributed by atoms with Crippen LogP contribution in [0.2, 0.25) is 0 Å². The summed E-state index contributed by atoms with van der Waals surface area (Å²) in [4.78, 5) is 15.9. The van der Waals surface area contributed by atoms with Gasteiger partial charge in [-0.05, 0) is 28.8 Å². The van der Waals surface area contributed by atoms with Crippen LogP contribution in [0.4, 0.5) is 13.2 Å². The van der Waals surface area contributed by atoms with Crippen molar-refractivity contribution in [3.8, 4) is 11.1 Å². The second kappa shape index (κ2) is 7.74. The standard InChI is InChI=1S/C18H14F3N3OS/c19-18(20,21)15-3-1-2-14(9-15)13-6-4-12(5-7-13)8-16(25)10-26-17-22-11-23-24-17/h1-7,9,11H,8,10H2,(H,22,23,24). The molecule has 0 saturated heterocycles. The summed E-state index contributed by atoms with van der Waals surface area (Å²) in [5.41, 5.74) is 1.28. The highest BCUT2D eigenvalue weighted by atomic mass is 32.2. The van der Waals surface area contributed by atoms with Gasteiger partial charge in [0.1, 0.15) is 12.1 Å². The minimum atomic E-state index is -4.37. The van der Waals surface area contributed by atoms with Crippen LogP contribution in [0.3, 0.4) is 0 Å². The van der Waals surface area contributed by atoms with Crippen LogP contribution in [0, 0.1) is 0 Å². The first-order valence-corrected chi connectivity index (χ1v) is 8.67. The number of H-pyrrole nitrogens is 1. The highest BCUT2D eigenvalue weighted by molar-refractivity contribution is 7.99. The van der Waals surface area contributed by atoms with Crippen molar-refractivity contribution in [1.82, 2.24) is 15.2 Å². The minimum Gasteiger partial charge on any atom is -0.298 e. The maximum absolute atomic E-state index is 12.8. The summed E-state index contributed by atoms with van der Waals surface area (Å²) in [7, 11) is 0. The van der Waals surface area contributed by atoms with Crippen molar-refractivity contribution in [2.75, 3.05) is 5.75 Å². The summed E-state index contributed by atoms with van der Waals surface area (Å²) in [6, 6.07) is 12.1. The number of thioether (sulfide) groups is 1. The number of Topliss-reactive ketones (excluding diaryl/α,β-unsaturated/α-hetero) is 1. The highest BCUT2D eigenvalue weighted by Crippen LogP contribution is 2.32. The molecule has 0 spiro atoms. The SMILES string of the molecule is O=C(CSc1ncn[nH]1)Cc1ccc(-c2cccc(C(F)(F)F)c2)cc1. The first-order chi connectivity index (χ1) is 12.4. The summed E-state index contributed by atoms with van der Waals surface area (Å²) < 4.78 is 38.4. The van der Waals surface area contributed by atoms with Gasteiger partial charge in [-0.3, -0.25) is 9.89 Å². The number of hydrogen-bond donors (Lipinski definition) is 1. The zero-order valence-corrected chi connectivity index (χ0v) is 14.3. The Bertz CT molecular complexity index is 877. The van der Waals surface area contributed by atoms with Crippen molar-refractivity contribution >= 4 is 17.5 Å². The molecule has 0 bridgehead atoms. The van der Waals surface area contributed by atoms with Gasteiger partial charge in [-0.25, -0.2) is 4.98 Å². The fraction of sp³-hybridized carbons (Fsp3) is 0.167. The smallest absolute Gasteiger partial charge is 0.298 e. The second-order valence-electron chi connectivity index (χ2n) is 5.57. The van der Waals surface area contributed by atoms with E-state index in [-0.39, 0.29) is 18.0 Å². The molecule has 1 heterocycles. The third-order valence-electron chi connectivity index (χ3n) is 3.64. The Kier molecular flexibility index (Phi) is 5.41. The zero-order chi connectivity index (χ0) is 18.6. The molecule has 0 saturated carbocycles. The van der Waals surface area contributed by atoms with Crippen LogP contribution < -0.4 is 0 Å². The Morgan fingerprint density at radius 3 is 2.50 bits per heavy atom. The average molecular weight is 377 g/mol. The topological polar surface area (TPSA) is 58.6 Å². The zero-order valence-electron chi connectivity index (χ0n) is 13.5. The molecule has 1 aromatic heterocycles. The molecule has 8 heteroatoms. The van der Waals surface area contributed by atoms with Crippen LogP contribution in [0.15, 0.2) is 60.0 Å². The lowest BCUT2D eigenvalue weighted by atomic mass is 10.0. The normalized spacial score (nSPS) is 11.5. The summed E-state index contributed by atoms with van der Waals surface area (Å²) in [6.45, 7) is 0. The number of nitrogens with one attached hydrogen (secondary N) is 1. The van der Waals surface area contributed by atoms with E-state index < -0.39 is 11.7 Å². The molecule has 26 heavy (non-hydrogen) atoms. The average Bonchev–Trinajstić information content (AvgIpc) is 3.14. The minimum absolute atomic E-state index is 0.0261. The highest BCUT2D eigenvalue weighted by Gasteiger charge is 2.30. The predicted octanol–water partition coefficient (Wildman–Crippen LogP) is 4.39. The Labute approximate surface area is 151 Å². The largest absolute Gasteiger partial charge is 0.416 e. The van der Waals surface area contributed by atoms with E-state index in [1.807, 2.05) is 0 Å². The molecule has 0 aliphatic heterocycles. The number of carbonyl (C=O) groups is 1. The number of aromatic nitrogens is 3. The fourth-order valence-corrected chi connectivity index (χ4v) is 3.02. The summed E-state index contributed by atoms with van der Waals surface area (Å²) in [5, 5.41) is 6.95. The molecule has 0 aliphatic carbocycles. The molecule has 0 fully saturated rings. The van der Waals surface area contributed by atoms with Crippen molar-refractivity contribution < 1.29 is 18.0 Å². The van der Waals surface area contributed by atoms with Crippen molar-refractivity contribution in [1.29, 1.82) is 0 Å². The molecule has 2 aromatic carbocycles. The number of rotatable bonds is 6. The number of nitrogens with zero attached hydrogens (tertiary/aromatic N) is 2. The lowest BCUT2D eigenvalue weighted by Gasteiger charge is -2.09. The van der Waals surface area contributed by atoms with Gasteiger partial charge in [0.25, 0.3) is 0 Å². The molecule has 0 unspecified atom stereocenters. The molecule has 3 rings (SSSR count). The van der Waals surface area contributed by atoms with Crippen LogP contribution in [-0.4, -0.2) is 26.7 Å². The Morgan fingerprint density at radius 1 is 1.08 bits per heavy atom. The maximum Gasteiger partial charge on any atom is 0.416 e. The van der Waals surface area contributed by atoms with E-state index in [1.54, 1.807) is 30.3 Å². The van der Waals surface area contributed by atoms with Crippen LogP contribution in [0.5, 0.6) is 0 Å². The first kappa shape index (κ1) is 18.2. The third-order valence-corrected chi connectivity index (χ3v) is 4.58. The van der Waals surface area contributed by atoms with E-state index in [2.05, 4.69) is 15.2 Å². The number of ketones is 1. The second-order valence-corrected chi connectivity index (χ2v) is 6.53. The van der Waals surface area contributed by atoms with Crippen molar-refractivity contribution in [2.24, 2.45) is 0 Å². The molecule has 0 atom stereocenters. The number of benzene rings is 2. The van der Waals surface area contributed by atoms with Crippen LogP contribution in [0.1, 0.15) is 11.1 Å². The van der Waals surface area contributed by atoms with Gasteiger partial charge in [-0.1, -0.05) is 48.2 Å². The van der Waals surface area contributed by atoms with Gasteiger partial charge in [0.05, 0.1) is 11.3 Å². The maximum atomic E-state index is 12.8. The summed E-state index contributed by atoms with van der Waals surface area (Å²) >= 11 is 1.27. The summed E-state index contributed by atoms with van der Waals surface area (Å²) in [5.74, 6) is 0.295. The van der Waals surface area contributed by atoms with Gasteiger partial charge >= 0.3 is 6.18 Å². The number of alkyl halides is 3. The van der Waals surface area contributed by atoms with E-state index in [9.17, 15) is 18.0 Å². The number of halogens is 3. The molecule has 3 aromatic rings. The number of aromatic amines is 1. The first-order valence-electron chi connectivity index (χ1n) is 7.68. The fourth-order valence-electron chi connectivity index (χ4n) is 2.38. The quantitative estimate of drug-likeness (QED) is 0.647. The monoisotopic (exact) mass is 377 g/mol. The molecule has 0 radical (unpaired) electrons. The van der Waals surface area contributed by atoms with Crippen molar-refractivity contribution in [2.45, 2.75) is 17.8 Å². The van der Waals surface area contributed by atoms with Gasteiger partial charge < -0.3 is 0 Å². The number of hydrogen-bond acceptors (Lipinski definition) is 4. The third kappa shape index (κ3) is 4.72. The van der Waals surface area contributed by atoms with E-state index >= 15 is 0 Å². The van der Waals surface area contributed by atoms with Crippen molar-refractivity contribution in [3.05, 3.63) is 66.0 Å². The van der Waals surface area contributed by atoms with E-state index in [4.69, 9.17) is 0 Å². The molecule has 0 amide bonds. The van der Waals surface area contributed by atoms with Gasteiger partial charge in [0, 0.05) is 6.42 Å². The lowest BCUT2D eigenvalue weighted by molar-refractivity contribution is -0.137. The van der Waals surface area contributed by atoms with Gasteiger partial charge in [0.2, 0.25) is 0 Å². The number of carbonyl (C=O) groups excluding carboxylic acids is 1. The van der Waals surface area contributed by atoms with Gasteiger partial charge in [0.15, 0.2) is 5.16 Å². The van der Waals surface area contributed by atoms with Gasteiger partial charge in [-0.2, -0.15) is 18.3 Å². The molecule has 134 valence electrons. The Balaban J connectivity index is 1.64. The lowest BCUT2D eigenvalue weighted by Crippen LogP contribution is -2.06. The molecule has 0 aliphatic rings. The van der Waals surface area contributed by atoms with E-state index in [0.29, 0.717) is 16.3 Å². The van der Waals surface area contributed by atoms with Crippen LogP contribution in [-0.2, 0) is 17.4 Å². The van der Waals surface area contributed by atoms with E-state index in [1.165, 1.54) is 24.2 Å². The Hall–Kier alpha value is -2.61. The van der Waals surface area contributed by atoms with Gasteiger partial charge in [-0.15, -0.1) is 0 Å². The molecule has 1 N–H and O–H groups in total. The van der Waals surface area contributed by atoms with Crippen LogP contribution in [0.25, 0.3) is 11.1 Å². The van der Waals surface area contributed by atoms with E-state index in [0.717, 1.165) is 17.7 Å². The molecular weight excluding hydrogens is 363 g/mol. The Morgan fingerprint density at radius 2 is 1.85 bits per heavy atom. The van der Waals surface area contributed by atoms with Crippen molar-refractivity contribution in [3.63, 3.8) is 0 Å².